The summed E-state index contributed by atoms with van der Waals surface area (Å²) in [6.45, 7) is 1.44. The second-order valence-corrected chi connectivity index (χ2v) is 4.75. The Hall–Kier alpha value is -0.380. The highest BCUT2D eigenvalue weighted by Gasteiger charge is 2.21. The smallest absolute Gasteiger partial charge is 0.159 e. The molecule has 0 saturated carbocycles. The van der Waals surface area contributed by atoms with Crippen LogP contribution in [0.3, 0.4) is 0 Å². The van der Waals surface area contributed by atoms with E-state index in [0.717, 1.165) is 26.1 Å². The zero-order valence-electron chi connectivity index (χ0n) is 9.99. The zero-order chi connectivity index (χ0) is 11.2. The molecule has 1 atom stereocenters. The molecule has 3 heteroatoms. The van der Waals surface area contributed by atoms with Crippen molar-refractivity contribution in [3.8, 4) is 0 Å². The minimum absolute atomic E-state index is 0.0682. The van der Waals surface area contributed by atoms with Crippen LogP contribution in [0.4, 0.5) is 0 Å². The number of hydrogen-bond acceptors (Lipinski definition) is 3. The highest BCUT2D eigenvalue weighted by molar-refractivity contribution is 5.10. The molecule has 1 aliphatic heterocycles. The molecular formula is C13H23NO2. The van der Waals surface area contributed by atoms with Crippen LogP contribution in [0.2, 0.25) is 0 Å². The molecule has 0 aromatic carbocycles. The van der Waals surface area contributed by atoms with Crippen LogP contribution in [0.25, 0.3) is 0 Å². The van der Waals surface area contributed by atoms with Gasteiger partial charge in [0.1, 0.15) is 0 Å². The van der Waals surface area contributed by atoms with Crippen molar-refractivity contribution >= 4 is 0 Å². The van der Waals surface area contributed by atoms with Crippen molar-refractivity contribution in [2.45, 2.75) is 57.3 Å². The summed E-state index contributed by atoms with van der Waals surface area (Å²) in [6, 6.07) is 0.126. The molecule has 1 fully saturated rings. The fraction of sp³-hybridized carbons (Fsp3) is 0.846. The molecule has 1 unspecified atom stereocenters. The molecule has 2 N–H and O–H groups in total. The molecule has 0 aromatic heterocycles. The summed E-state index contributed by atoms with van der Waals surface area (Å²) in [5, 5.41) is 0. The Balaban J connectivity index is 1.83. The molecule has 3 nitrogen and oxygen atoms in total. The Morgan fingerprint density at radius 2 is 1.94 bits per heavy atom. The molecule has 92 valence electrons. The normalized spacial score (nSPS) is 25.9. The van der Waals surface area contributed by atoms with Crippen molar-refractivity contribution in [3.63, 3.8) is 0 Å². The van der Waals surface area contributed by atoms with E-state index in [-0.39, 0.29) is 12.3 Å². The van der Waals surface area contributed by atoms with Gasteiger partial charge in [-0.2, -0.15) is 0 Å². The number of nitrogens with two attached hydrogens (primary N) is 1. The molecular weight excluding hydrogens is 202 g/mol. The second kappa shape index (κ2) is 6.38. The van der Waals surface area contributed by atoms with E-state index >= 15 is 0 Å². The fourth-order valence-electron chi connectivity index (χ4n) is 2.46. The summed E-state index contributed by atoms with van der Waals surface area (Å²) in [7, 11) is 0. The Labute approximate surface area is 98.0 Å². The number of ether oxygens (including phenoxy) is 2. The molecule has 2 aliphatic rings. The SMILES string of the molecule is NC(CC1OCCO1)C1=CCCCCCC1. The molecule has 0 bridgehead atoms. The van der Waals surface area contributed by atoms with Crippen molar-refractivity contribution < 1.29 is 9.47 Å². The number of hydrogen-bond donors (Lipinski definition) is 1. The van der Waals surface area contributed by atoms with Gasteiger partial charge in [0.25, 0.3) is 0 Å². The third-order valence-electron chi connectivity index (χ3n) is 3.44. The van der Waals surface area contributed by atoms with Crippen LogP contribution >= 0.6 is 0 Å². The standard InChI is InChI=1S/C13H23NO2/c14-12(10-13-15-8-9-16-13)11-6-4-2-1-3-5-7-11/h6,12-13H,1-5,7-10,14H2. The molecule has 0 aromatic rings. The Bertz CT molecular complexity index is 234. The van der Waals surface area contributed by atoms with E-state index in [4.69, 9.17) is 15.2 Å². The summed E-state index contributed by atoms with van der Waals surface area (Å²) in [6.07, 6.45) is 10.8. The third kappa shape index (κ3) is 3.58. The molecule has 16 heavy (non-hydrogen) atoms. The number of rotatable bonds is 3. The lowest BCUT2D eigenvalue weighted by molar-refractivity contribution is -0.0488. The third-order valence-corrected chi connectivity index (χ3v) is 3.44. The minimum Gasteiger partial charge on any atom is -0.350 e. The van der Waals surface area contributed by atoms with E-state index in [1.165, 1.54) is 37.7 Å². The van der Waals surface area contributed by atoms with Crippen molar-refractivity contribution in [1.29, 1.82) is 0 Å². The maximum absolute atomic E-state index is 6.22. The molecule has 0 radical (unpaired) electrons. The maximum atomic E-state index is 6.22. The zero-order valence-corrected chi connectivity index (χ0v) is 9.99. The summed E-state index contributed by atoms with van der Waals surface area (Å²) >= 11 is 0. The van der Waals surface area contributed by atoms with Gasteiger partial charge >= 0.3 is 0 Å². The second-order valence-electron chi connectivity index (χ2n) is 4.75. The highest BCUT2D eigenvalue weighted by atomic mass is 16.7. The lowest BCUT2D eigenvalue weighted by atomic mass is 9.94. The first kappa shape index (κ1) is 12.1. The van der Waals surface area contributed by atoms with Crippen LogP contribution in [0.15, 0.2) is 11.6 Å². The van der Waals surface area contributed by atoms with Gasteiger partial charge in [0, 0.05) is 12.5 Å². The highest BCUT2D eigenvalue weighted by Crippen LogP contribution is 2.22. The molecule has 2 rings (SSSR count). The molecule has 0 amide bonds. The molecule has 1 heterocycles. The van der Waals surface area contributed by atoms with Gasteiger partial charge in [-0.3, -0.25) is 0 Å². The average Bonchev–Trinajstić information content (AvgIpc) is 2.69. The summed E-state index contributed by atoms with van der Waals surface area (Å²) in [4.78, 5) is 0. The maximum Gasteiger partial charge on any atom is 0.159 e. The van der Waals surface area contributed by atoms with Gasteiger partial charge in [-0.05, 0) is 25.7 Å². The largest absolute Gasteiger partial charge is 0.350 e. The van der Waals surface area contributed by atoms with Gasteiger partial charge in [0.15, 0.2) is 6.29 Å². The molecule has 0 spiro atoms. The van der Waals surface area contributed by atoms with E-state index in [9.17, 15) is 0 Å². The van der Waals surface area contributed by atoms with Gasteiger partial charge < -0.3 is 15.2 Å². The predicted molar refractivity (Wildman–Crippen MR) is 64.1 cm³/mol. The van der Waals surface area contributed by atoms with Crippen LogP contribution in [-0.4, -0.2) is 25.5 Å². The van der Waals surface area contributed by atoms with Crippen molar-refractivity contribution in [2.24, 2.45) is 5.73 Å². The first-order valence-corrected chi connectivity index (χ1v) is 6.54. The molecule has 1 saturated heterocycles. The minimum atomic E-state index is -0.0682. The summed E-state index contributed by atoms with van der Waals surface area (Å²) in [5.41, 5.74) is 7.64. The van der Waals surface area contributed by atoms with E-state index in [2.05, 4.69) is 6.08 Å². The average molecular weight is 225 g/mol. The number of allylic oxidation sites excluding steroid dienone is 1. The van der Waals surface area contributed by atoms with Gasteiger partial charge in [0.2, 0.25) is 0 Å². The van der Waals surface area contributed by atoms with Crippen LogP contribution < -0.4 is 5.73 Å². The van der Waals surface area contributed by atoms with Crippen molar-refractivity contribution in [3.05, 3.63) is 11.6 Å². The topological polar surface area (TPSA) is 44.5 Å². The summed E-state index contributed by atoms with van der Waals surface area (Å²) in [5.74, 6) is 0. The quantitative estimate of drug-likeness (QED) is 0.750. The fourth-order valence-corrected chi connectivity index (χ4v) is 2.46. The van der Waals surface area contributed by atoms with Crippen LogP contribution in [0, 0.1) is 0 Å². The first-order chi connectivity index (χ1) is 7.86. The lowest BCUT2D eigenvalue weighted by Gasteiger charge is -2.20. The van der Waals surface area contributed by atoms with Crippen LogP contribution in [0.5, 0.6) is 0 Å². The van der Waals surface area contributed by atoms with E-state index in [1.54, 1.807) is 0 Å². The van der Waals surface area contributed by atoms with Crippen molar-refractivity contribution in [2.75, 3.05) is 13.2 Å². The van der Waals surface area contributed by atoms with Crippen LogP contribution in [0.1, 0.15) is 44.9 Å². The predicted octanol–water partition coefficient (Wildman–Crippen LogP) is 2.36. The van der Waals surface area contributed by atoms with E-state index < -0.39 is 0 Å². The summed E-state index contributed by atoms with van der Waals surface area (Å²) < 4.78 is 10.9. The first-order valence-electron chi connectivity index (χ1n) is 6.54. The Morgan fingerprint density at radius 1 is 1.19 bits per heavy atom. The van der Waals surface area contributed by atoms with Gasteiger partial charge in [0.05, 0.1) is 13.2 Å². The van der Waals surface area contributed by atoms with Gasteiger partial charge in [-0.1, -0.05) is 24.5 Å². The monoisotopic (exact) mass is 225 g/mol. The molecule has 1 aliphatic carbocycles. The van der Waals surface area contributed by atoms with Gasteiger partial charge in [-0.15, -0.1) is 0 Å². The Morgan fingerprint density at radius 3 is 2.75 bits per heavy atom. The lowest BCUT2D eigenvalue weighted by Crippen LogP contribution is -2.29. The van der Waals surface area contributed by atoms with Crippen molar-refractivity contribution in [1.82, 2.24) is 0 Å². The van der Waals surface area contributed by atoms with Gasteiger partial charge in [-0.25, -0.2) is 0 Å². The van der Waals surface area contributed by atoms with Crippen LogP contribution in [-0.2, 0) is 9.47 Å². The van der Waals surface area contributed by atoms with E-state index in [1.807, 2.05) is 0 Å². The Kier molecular flexibility index (Phi) is 4.82. The van der Waals surface area contributed by atoms with E-state index in [0.29, 0.717) is 0 Å².